The van der Waals surface area contributed by atoms with Crippen LogP contribution < -0.4 is 5.73 Å². The van der Waals surface area contributed by atoms with Crippen molar-refractivity contribution in [2.45, 2.75) is 10.6 Å². The van der Waals surface area contributed by atoms with Gasteiger partial charge in [0, 0.05) is 10.7 Å². The van der Waals surface area contributed by atoms with E-state index in [0.29, 0.717) is 16.3 Å². The number of anilines is 1. The predicted molar refractivity (Wildman–Crippen MR) is 73.2 cm³/mol. The van der Waals surface area contributed by atoms with E-state index in [4.69, 9.17) is 17.3 Å². The number of rotatable bonds is 3. The topological polar surface area (TPSA) is 60.2 Å². The zero-order valence-electron chi connectivity index (χ0n) is 9.81. The molecule has 2 aromatic carbocycles. The molecule has 0 heterocycles. The van der Waals surface area contributed by atoms with Gasteiger partial charge >= 0.3 is 0 Å². The van der Waals surface area contributed by atoms with Crippen molar-refractivity contribution in [1.29, 1.82) is 0 Å². The van der Waals surface area contributed by atoms with E-state index in [1.54, 1.807) is 6.07 Å². The van der Waals surface area contributed by atoms with Gasteiger partial charge in [-0.2, -0.15) is 0 Å². The van der Waals surface area contributed by atoms with Gasteiger partial charge in [0.25, 0.3) is 0 Å². The summed E-state index contributed by atoms with van der Waals surface area (Å²) >= 11 is 5.80. The van der Waals surface area contributed by atoms with E-state index in [0.717, 1.165) is 6.07 Å². The number of hydrogen-bond acceptors (Lipinski definition) is 3. The fraction of sp³-hybridized carbons (Fsp3) is 0.0769. The van der Waals surface area contributed by atoms with Gasteiger partial charge in [0.05, 0.1) is 5.75 Å². The summed E-state index contributed by atoms with van der Waals surface area (Å²) in [5.74, 6) is -1.16. The molecule has 0 bridgehead atoms. The lowest BCUT2D eigenvalue weighted by molar-refractivity contribution is 0.566. The fourth-order valence-corrected chi connectivity index (χ4v) is 3.34. The van der Waals surface area contributed by atoms with E-state index in [2.05, 4.69) is 0 Å². The van der Waals surface area contributed by atoms with Crippen molar-refractivity contribution >= 4 is 27.1 Å². The highest BCUT2D eigenvalue weighted by Gasteiger charge is 2.20. The Bertz CT molecular complexity index is 716. The maximum Gasteiger partial charge on any atom is 0.185 e. The third-order valence-corrected chi connectivity index (χ3v) is 4.55. The van der Waals surface area contributed by atoms with Gasteiger partial charge in [-0.15, -0.1) is 0 Å². The molecule has 19 heavy (non-hydrogen) atoms. The minimum atomic E-state index is -3.80. The molecule has 0 saturated heterocycles. The van der Waals surface area contributed by atoms with Gasteiger partial charge < -0.3 is 5.73 Å². The Labute approximate surface area is 115 Å². The van der Waals surface area contributed by atoms with E-state index in [9.17, 15) is 12.8 Å². The smallest absolute Gasteiger partial charge is 0.185 e. The highest BCUT2D eigenvalue weighted by molar-refractivity contribution is 7.90. The molecule has 0 fully saturated rings. The first-order valence-corrected chi connectivity index (χ1v) is 7.44. The third kappa shape index (κ3) is 3.05. The van der Waals surface area contributed by atoms with Crippen LogP contribution >= 0.6 is 11.6 Å². The van der Waals surface area contributed by atoms with Crippen LogP contribution in [0.3, 0.4) is 0 Å². The van der Waals surface area contributed by atoms with Gasteiger partial charge in [-0.05, 0) is 35.9 Å². The summed E-state index contributed by atoms with van der Waals surface area (Å²) in [7, 11) is -3.80. The number of benzene rings is 2. The van der Waals surface area contributed by atoms with E-state index in [-0.39, 0.29) is 10.6 Å². The molecule has 0 aliphatic heterocycles. The maximum atomic E-state index is 13.5. The zero-order valence-corrected chi connectivity index (χ0v) is 11.4. The van der Waals surface area contributed by atoms with Gasteiger partial charge in [0.15, 0.2) is 9.84 Å². The standard InChI is InChI=1S/C13H11ClFNO2S/c14-10-5-6-12(16)9(7-10)8-19(17,18)13-4-2-1-3-11(13)15/h1-7H,8,16H2. The second-order valence-corrected chi connectivity index (χ2v) is 6.43. The molecule has 0 unspecified atom stereocenters. The Morgan fingerprint density at radius 1 is 1.16 bits per heavy atom. The summed E-state index contributed by atoms with van der Waals surface area (Å²) in [6.07, 6.45) is 0. The minimum absolute atomic E-state index is 0.310. The summed E-state index contributed by atoms with van der Waals surface area (Å²) < 4.78 is 37.8. The Kier molecular flexibility index (Phi) is 3.78. The molecule has 2 N–H and O–H groups in total. The summed E-state index contributed by atoms with van der Waals surface area (Å²) in [5, 5.41) is 0.382. The van der Waals surface area contributed by atoms with E-state index < -0.39 is 15.7 Å². The highest BCUT2D eigenvalue weighted by atomic mass is 35.5. The van der Waals surface area contributed by atoms with Crippen molar-refractivity contribution in [3.05, 3.63) is 58.9 Å². The molecule has 0 spiro atoms. The third-order valence-electron chi connectivity index (χ3n) is 2.62. The average molecular weight is 300 g/mol. The summed E-state index contributed by atoms with van der Waals surface area (Å²) in [5.41, 5.74) is 6.36. The van der Waals surface area contributed by atoms with Crippen molar-refractivity contribution in [3.63, 3.8) is 0 Å². The molecule has 0 saturated carbocycles. The van der Waals surface area contributed by atoms with Crippen LogP contribution in [0.4, 0.5) is 10.1 Å². The second kappa shape index (κ2) is 5.19. The predicted octanol–water partition coefficient (Wildman–Crippen LogP) is 3.04. The van der Waals surface area contributed by atoms with Crippen molar-refractivity contribution < 1.29 is 12.8 Å². The first-order valence-electron chi connectivity index (χ1n) is 5.41. The Hall–Kier alpha value is -1.59. The number of hydrogen-bond donors (Lipinski definition) is 1. The molecule has 0 radical (unpaired) electrons. The van der Waals surface area contributed by atoms with Crippen LogP contribution in [0.25, 0.3) is 0 Å². The minimum Gasteiger partial charge on any atom is -0.398 e. The van der Waals surface area contributed by atoms with E-state index in [1.807, 2.05) is 0 Å². The second-order valence-electron chi connectivity index (χ2n) is 4.03. The van der Waals surface area contributed by atoms with Crippen LogP contribution in [-0.2, 0) is 15.6 Å². The lowest BCUT2D eigenvalue weighted by Crippen LogP contribution is -2.08. The van der Waals surface area contributed by atoms with E-state index >= 15 is 0 Å². The number of sulfone groups is 1. The average Bonchev–Trinajstić information content (AvgIpc) is 2.34. The normalized spacial score (nSPS) is 11.5. The number of nitrogens with two attached hydrogens (primary N) is 1. The van der Waals surface area contributed by atoms with Gasteiger partial charge in [-0.1, -0.05) is 23.7 Å². The van der Waals surface area contributed by atoms with Crippen molar-refractivity contribution in [2.75, 3.05) is 5.73 Å². The number of halogens is 2. The lowest BCUT2D eigenvalue weighted by Gasteiger charge is -2.08. The van der Waals surface area contributed by atoms with Crippen LogP contribution in [0, 0.1) is 5.82 Å². The zero-order chi connectivity index (χ0) is 14.0. The Morgan fingerprint density at radius 2 is 1.84 bits per heavy atom. The van der Waals surface area contributed by atoms with Gasteiger partial charge in [-0.3, -0.25) is 0 Å². The molecule has 0 amide bonds. The SMILES string of the molecule is Nc1ccc(Cl)cc1CS(=O)(=O)c1ccccc1F. The number of nitrogen functional groups attached to an aromatic ring is 1. The fourth-order valence-electron chi connectivity index (χ4n) is 1.68. The highest BCUT2D eigenvalue weighted by Crippen LogP contribution is 2.24. The van der Waals surface area contributed by atoms with Crippen molar-refractivity contribution in [2.24, 2.45) is 0 Å². The molecule has 0 aliphatic carbocycles. The van der Waals surface area contributed by atoms with Crippen molar-refractivity contribution in [3.8, 4) is 0 Å². The van der Waals surface area contributed by atoms with Crippen LogP contribution in [0.5, 0.6) is 0 Å². The van der Waals surface area contributed by atoms with Crippen LogP contribution in [0.15, 0.2) is 47.4 Å². The molecule has 2 rings (SSSR count). The molecule has 100 valence electrons. The maximum absolute atomic E-state index is 13.5. The molecule has 6 heteroatoms. The van der Waals surface area contributed by atoms with Gasteiger partial charge in [-0.25, -0.2) is 12.8 Å². The molecular weight excluding hydrogens is 289 g/mol. The van der Waals surface area contributed by atoms with Crippen molar-refractivity contribution in [1.82, 2.24) is 0 Å². The van der Waals surface area contributed by atoms with Crippen LogP contribution in [-0.4, -0.2) is 8.42 Å². The molecular formula is C13H11ClFNO2S. The summed E-state index contributed by atoms with van der Waals surface area (Å²) in [6.45, 7) is 0. The van der Waals surface area contributed by atoms with Gasteiger partial charge in [0.1, 0.15) is 10.7 Å². The quantitative estimate of drug-likeness (QED) is 0.886. The van der Waals surface area contributed by atoms with Crippen LogP contribution in [0.1, 0.15) is 5.56 Å². The van der Waals surface area contributed by atoms with E-state index in [1.165, 1.54) is 30.3 Å². The Balaban J connectivity index is 2.43. The largest absolute Gasteiger partial charge is 0.398 e. The summed E-state index contributed by atoms with van der Waals surface area (Å²) in [6, 6.07) is 9.79. The van der Waals surface area contributed by atoms with Gasteiger partial charge in [0.2, 0.25) is 0 Å². The molecule has 2 aromatic rings. The molecule has 0 aromatic heterocycles. The molecule has 3 nitrogen and oxygen atoms in total. The van der Waals surface area contributed by atoms with Crippen LogP contribution in [0.2, 0.25) is 5.02 Å². The first kappa shape index (κ1) is 13.8. The summed E-state index contributed by atoms with van der Waals surface area (Å²) in [4.78, 5) is -0.339. The lowest BCUT2D eigenvalue weighted by atomic mass is 10.2. The molecule has 0 atom stereocenters. The first-order chi connectivity index (χ1) is 8.90. The monoisotopic (exact) mass is 299 g/mol. The molecule has 0 aliphatic rings. The Morgan fingerprint density at radius 3 is 2.53 bits per heavy atom.